The number of nitrogens with one attached hydrogen (secondary N) is 1. The van der Waals surface area contributed by atoms with Crippen molar-refractivity contribution < 1.29 is 14.3 Å². The number of benzene rings is 2. The molecule has 1 N–H and O–H groups in total. The predicted octanol–water partition coefficient (Wildman–Crippen LogP) is 4.41. The minimum Gasteiger partial charge on any atom is -0.488 e. The molecule has 9 nitrogen and oxygen atoms in total. The topological polar surface area (TPSA) is 102 Å². The summed E-state index contributed by atoms with van der Waals surface area (Å²) < 4.78 is 6.33. The zero-order valence-corrected chi connectivity index (χ0v) is 25.3. The first-order valence-electron chi connectivity index (χ1n) is 15.0. The van der Waals surface area contributed by atoms with E-state index in [-0.39, 0.29) is 24.0 Å². The monoisotopic (exact) mass is 580 g/mol. The van der Waals surface area contributed by atoms with Gasteiger partial charge < -0.3 is 19.9 Å². The summed E-state index contributed by atoms with van der Waals surface area (Å²) in [5.74, 6) is 0.581. The number of likely N-dealkylation sites (tertiary alicyclic amines) is 2. The lowest BCUT2D eigenvalue weighted by Gasteiger charge is -2.33. The van der Waals surface area contributed by atoms with Gasteiger partial charge in [-0.3, -0.25) is 19.5 Å². The summed E-state index contributed by atoms with van der Waals surface area (Å²) in [6.07, 6.45) is 4.78. The molecule has 2 aliphatic rings. The van der Waals surface area contributed by atoms with Crippen LogP contribution in [0.15, 0.2) is 60.8 Å². The van der Waals surface area contributed by atoms with Crippen molar-refractivity contribution in [2.75, 3.05) is 45.2 Å². The number of anilines is 1. The molecule has 43 heavy (non-hydrogen) atoms. The van der Waals surface area contributed by atoms with Gasteiger partial charge in [0.1, 0.15) is 17.5 Å². The third-order valence-electron chi connectivity index (χ3n) is 8.28. The quantitative estimate of drug-likeness (QED) is 0.421. The van der Waals surface area contributed by atoms with Gasteiger partial charge in [0.2, 0.25) is 0 Å². The smallest absolute Gasteiger partial charge is 0.272 e. The molecule has 2 aromatic carbocycles. The number of hydrogen-bond acceptors (Lipinski definition) is 7. The van der Waals surface area contributed by atoms with Crippen molar-refractivity contribution >= 4 is 17.5 Å². The van der Waals surface area contributed by atoms with Crippen LogP contribution in [-0.2, 0) is 6.54 Å². The van der Waals surface area contributed by atoms with Gasteiger partial charge in [0.25, 0.3) is 11.8 Å². The molecule has 2 aliphatic heterocycles. The molecule has 0 bridgehead atoms. The standard InChI is InChI=1S/C34H40N6O3/c1-24-4-11-32(31(20-24)38(2)3)43-29-14-18-40(19-15-29)34(42)30-10-9-27(22-36-30)33(41)37-28-12-16-39(17-13-28)23-26-7-5-25(21-35)6-8-26/h4-11,20,22,28-29H,12-19,23H2,1-3H3,(H,37,41). The number of amides is 2. The normalized spacial score (nSPS) is 16.4. The van der Waals surface area contributed by atoms with Gasteiger partial charge in [0.05, 0.1) is 22.9 Å². The van der Waals surface area contributed by atoms with E-state index in [0.717, 1.165) is 56.8 Å². The Morgan fingerprint density at radius 1 is 1.00 bits per heavy atom. The second kappa shape index (κ2) is 13.7. The summed E-state index contributed by atoms with van der Waals surface area (Å²) in [4.78, 5) is 36.6. The lowest BCUT2D eigenvalue weighted by Crippen LogP contribution is -2.44. The molecule has 2 saturated heterocycles. The number of nitriles is 1. The van der Waals surface area contributed by atoms with E-state index in [1.807, 2.05) is 49.3 Å². The van der Waals surface area contributed by atoms with Gasteiger partial charge in [-0.2, -0.15) is 5.26 Å². The zero-order chi connectivity index (χ0) is 30.3. The molecule has 0 atom stereocenters. The average Bonchev–Trinajstić information content (AvgIpc) is 3.03. The maximum atomic E-state index is 13.1. The van der Waals surface area contributed by atoms with Crippen LogP contribution in [0.2, 0.25) is 0 Å². The van der Waals surface area contributed by atoms with Gasteiger partial charge in [-0.1, -0.05) is 18.2 Å². The molecule has 224 valence electrons. The van der Waals surface area contributed by atoms with Crippen LogP contribution in [0.5, 0.6) is 5.75 Å². The van der Waals surface area contributed by atoms with Crippen LogP contribution in [0.3, 0.4) is 0 Å². The highest BCUT2D eigenvalue weighted by Crippen LogP contribution is 2.30. The Balaban J connectivity index is 1.06. The van der Waals surface area contributed by atoms with E-state index in [4.69, 9.17) is 10.00 Å². The minimum absolute atomic E-state index is 0.0484. The van der Waals surface area contributed by atoms with Crippen molar-refractivity contribution in [2.45, 2.75) is 51.3 Å². The van der Waals surface area contributed by atoms with Gasteiger partial charge in [0.15, 0.2) is 0 Å². The number of nitrogens with zero attached hydrogens (tertiary/aromatic N) is 5. The Bertz CT molecular complexity index is 1450. The average molecular weight is 581 g/mol. The number of ether oxygens (including phenoxy) is 1. The number of carbonyl (C=O) groups excluding carboxylic acids is 2. The van der Waals surface area contributed by atoms with Crippen molar-refractivity contribution in [3.05, 3.63) is 88.7 Å². The molecule has 0 radical (unpaired) electrons. The van der Waals surface area contributed by atoms with Gasteiger partial charge >= 0.3 is 0 Å². The maximum absolute atomic E-state index is 13.1. The van der Waals surface area contributed by atoms with Crippen molar-refractivity contribution in [1.29, 1.82) is 5.26 Å². The molecule has 2 amide bonds. The molecule has 0 saturated carbocycles. The van der Waals surface area contributed by atoms with Crippen LogP contribution < -0.4 is 15.0 Å². The SMILES string of the molecule is Cc1ccc(OC2CCN(C(=O)c3ccc(C(=O)NC4CCN(Cc5ccc(C#N)cc5)CC4)cn3)CC2)c(N(C)C)c1. The van der Waals surface area contributed by atoms with E-state index in [2.05, 4.69) is 45.2 Å². The lowest BCUT2D eigenvalue weighted by atomic mass is 10.0. The Morgan fingerprint density at radius 2 is 1.72 bits per heavy atom. The summed E-state index contributed by atoms with van der Waals surface area (Å²) in [6, 6.07) is 19.5. The highest BCUT2D eigenvalue weighted by atomic mass is 16.5. The van der Waals surface area contributed by atoms with Crippen molar-refractivity contribution in [3.8, 4) is 11.8 Å². The third kappa shape index (κ3) is 7.70. The van der Waals surface area contributed by atoms with Gasteiger partial charge in [-0.15, -0.1) is 0 Å². The summed E-state index contributed by atoms with van der Waals surface area (Å²) in [7, 11) is 4.02. The number of carbonyl (C=O) groups is 2. The van der Waals surface area contributed by atoms with Crippen LogP contribution in [0.1, 0.15) is 63.2 Å². The van der Waals surface area contributed by atoms with E-state index in [1.165, 1.54) is 17.3 Å². The molecule has 0 unspecified atom stereocenters. The molecule has 1 aromatic heterocycles. The number of pyridine rings is 1. The molecule has 0 aliphatic carbocycles. The van der Waals surface area contributed by atoms with Gasteiger partial charge in [0, 0.05) is 71.9 Å². The summed E-state index contributed by atoms with van der Waals surface area (Å²) in [5, 5.41) is 12.1. The Labute approximate surface area is 254 Å². The van der Waals surface area contributed by atoms with Gasteiger partial charge in [-0.25, -0.2) is 0 Å². The first-order chi connectivity index (χ1) is 20.8. The van der Waals surface area contributed by atoms with E-state index < -0.39 is 0 Å². The number of aryl methyl sites for hydroxylation is 1. The first-order valence-corrected chi connectivity index (χ1v) is 15.0. The number of piperidine rings is 2. The van der Waals surface area contributed by atoms with Crippen molar-refractivity contribution in [3.63, 3.8) is 0 Å². The second-order valence-electron chi connectivity index (χ2n) is 11.7. The second-order valence-corrected chi connectivity index (χ2v) is 11.7. The minimum atomic E-state index is -0.164. The van der Waals surface area contributed by atoms with E-state index in [1.54, 1.807) is 12.1 Å². The summed E-state index contributed by atoms with van der Waals surface area (Å²) in [5.41, 5.74) is 4.89. The van der Waals surface area contributed by atoms with E-state index in [0.29, 0.717) is 29.9 Å². The summed E-state index contributed by atoms with van der Waals surface area (Å²) in [6.45, 7) is 5.88. The van der Waals surface area contributed by atoms with Crippen LogP contribution in [0, 0.1) is 18.3 Å². The third-order valence-corrected chi connectivity index (χ3v) is 8.28. The van der Waals surface area contributed by atoms with Crippen LogP contribution >= 0.6 is 0 Å². The largest absolute Gasteiger partial charge is 0.488 e. The van der Waals surface area contributed by atoms with E-state index in [9.17, 15) is 9.59 Å². The molecule has 5 rings (SSSR count). The molecule has 2 fully saturated rings. The highest BCUT2D eigenvalue weighted by molar-refractivity contribution is 5.96. The van der Waals surface area contributed by atoms with Crippen LogP contribution in [0.4, 0.5) is 5.69 Å². The molecule has 3 aromatic rings. The lowest BCUT2D eigenvalue weighted by molar-refractivity contribution is 0.0590. The Hall–Kier alpha value is -4.42. The molecule has 3 heterocycles. The van der Waals surface area contributed by atoms with Gasteiger partial charge in [-0.05, 0) is 67.3 Å². The fraction of sp³-hybridized carbons (Fsp3) is 0.412. The molecule has 0 spiro atoms. The van der Waals surface area contributed by atoms with Crippen molar-refractivity contribution in [1.82, 2.24) is 20.1 Å². The molecular weight excluding hydrogens is 540 g/mol. The highest BCUT2D eigenvalue weighted by Gasteiger charge is 2.27. The zero-order valence-electron chi connectivity index (χ0n) is 25.3. The molecule has 9 heteroatoms. The number of rotatable bonds is 8. The number of hydrogen-bond donors (Lipinski definition) is 1. The van der Waals surface area contributed by atoms with Crippen molar-refractivity contribution in [2.24, 2.45) is 0 Å². The Kier molecular flexibility index (Phi) is 9.58. The first kappa shape index (κ1) is 30.1. The fourth-order valence-corrected chi connectivity index (χ4v) is 5.70. The molecular formula is C34H40N6O3. The van der Waals surface area contributed by atoms with Crippen LogP contribution in [-0.4, -0.2) is 79.0 Å². The fourth-order valence-electron chi connectivity index (χ4n) is 5.70. The summed E-state index contributed by atoms with van der Waals surface area (Å²) >= 11 is 0. The number of aromatic nitrogens is 1. The predicted molar refractivity (Wildman–Crippen MR) is 166 cm³/mol. The Morgan fingerprint density at radius 3 is 2.35 bits per heavy atom. The van der Waals surface area contributed by atoms with E-state index >= 15 is 0 Å². The van der Waals surface area contributed by atoms with Crippen LogP contribution in [0.25, 0.3) is 0 Å². The maximum Gasteiger partial charge on any atom is 0.272 e.